The SMILES string of the molecule is Cc1noc(-c2c(NC(=O)Nc3ccc(F)cc3)sc3c2CCOC3)n1. The number of fused-ring (bicyclic) bond motifs is 1. The van der Waals surface area contributed by atoms with E-state index in [0.29, 0.717) is 42.0 Å². The molecule has 3 heterocycles. The molecule has 3 aromatic rings. The molecule has 1 aliphatic heterocycles. The fourth-order valence-electron chi connectivity index (χ4n) is 2.74. The smallest absolute Gasteiger partial charge is 0.324 e. The molecule has 0 spiro atoms. The second-order valence-electron chi connectivity index (χ2n) is 5.74. The number of nitrogens with zero attached hydrogens (tertiary/aromatic N) is 2. The molecule has 1 aliphatic rings. The van der Waals surface area contributed by atoms with Crippen LogP contribution in [0.1, 0.15) is 16.3 Å². The zero-order chi connectivity index (χ0) is 18.1. The van der Waals surface area contributed by atoms with Crippen LogP contribution in [-0.4, -0.2) is 22.8 Å². The van der Waals surface area contributed by atoms with Crippen LogP contribution in [0.4, 0.5) is 19.9 Å². The fourth-order valence-corrected chi connectivity index (χ4v) is 3.92. The molecule has 0 aliphatic carbocycles. The van der Waals surface area contributed by atoms with Gasteiger partial charge in [0.15, 0.2) is 5.82 Å². The molecule has 0 radical (unpaired) electrons. The van der Waals surface area contributed by atoms with Crippen LogP contribution in [0.5, 0.6) is 0 Å². The number of benzene rings is 1. The molecule has 4 rings (SSSR count). The first-order valence-corrected chi connectivity index (χ1v) is 8.78. The highest BCUT2D eigenvalue weighted by atomic mass is 32.1. The summed E-state index contributed by atoms with van der Waals surface area (Å²) in [5.74, 6) is 0.531. The van der Waals surface area contributed by atoms with Gasteiger partial charge in [-0.3, -0.25) is 5.32 Å². The number of hydrogen-bond donors (Lipinski definition) is 2. The number of aryl methyl sites for hydroxylation is 1. The molecule has 0 bridgehead atoms. The van der Waals surface area contributed by atoms with Gasteiger partial charge in [0, 0.05) is 10.6 Å². The largest absolute Gasteiger partial charge is 0.376 e. The lowest BCUT2D eigenvalue weighted by molar-refractivity contribution is 0.113. The highest BCUT2D eigenvalue weighted by Gasteiger charge is 2.26. The second-order valence-corrected chi connectivity index (χ2v) is 6.85. The third kappa shape index (κ3) is 3.31. The van der Waals surface area contributed by atoms with E-state index in [1.54, 1.807) is 6.92 Å². The highest BCUT2D eigenvalue weighted by molar-refractivity contribution is 7.17. The van der Waals surface area contributed by atoms with Crippen LogP contribution in [0.15, 0.2) is 28.8 Å². The number of urea groups is 1. The lowest BCUT2D eigenvalue weighted by Crippen LogP contribution is -2.19. The zero-order valence-corrected chi connectivity index (χ0v) is 14.7. The molecule has 9 heteroatoms. The van der Waals surface area contributed by atoms with E-state index in [0.717, 1.165) is 16.0 Å². The third-order valence-corrected chi connectivity index (χ3v) is 5.01. The van der Waals surface area contributed by atoms with Gasteiger partial charge >= 0.3 is 6.03 Å². The van der Waals surface area contributed by atoms with Crippen LogP contribution in [0, 0.1) is 12.7 Å². The van der Waals surface area contributed by atoms with Crippen molar-refractivity contribution in [2.45, 2.75) is 20.0 Å². The molecule has 2 amide bonds. The van der Waals surface area contributed by atoms with Gasteiger partial charge in [-0.25, -0.2) is 9.18 Å². The number of carbonyl (C=O) groups is 1. The maximum absolute atomic E-state index is 13.0. The number of rotatable bonds is 3. The van der Waals surface area contributed by atoms with E-state index in [4.69, 9.17) is 9.26 Å². The molecular weight excluding hydrogens is 359 g/mol. The van der Waals surface area contributed by atoms with Crippen molar-refractivity contribution >= 4 is 28.1 Å². The Hall–Kier alpha value is -2.78. The van der Waals surface area contributed by atoms with Crippen molar-refractivity contribution in [3.05, 3.63) is 46.3 Å². The predicted molar refractivity (Wildman–Crippen MR) is 94.7 cm³/mol. The number of thiophene rings is 1. The Kier molecular flexibility index (Phi) is 4.39. The molecule has 0 atom stereocenters. The summed E-state index contributed by atoms with van der Waals surface area (Å²) in [5, 5.41) is 9.96. The summed E-state index contributed by atoms with van der Waals surface area (Å²) in [5.41, 5.74) is 2.29. The summed E-state index contributed by atoms with van der Waals surface area (Å²) < 4.78 is 23.8. The Bertz CT molecular complexity index is 952. The van der Waals surface area contributed by atoms with Gasteiger partial charge in [0.05, 0.1) is 18.8 Å². The number of nitrogens with one attached hydrogen (secondary N) is 2. The summed E-state index contributed by atoms with van der Waals surface area (Å²) in [6.07, 6.45) is 0.712. The molecule has 0 saturated carbocycles. The third-order valence-electron chi connectivity index (χ3n) is 3.89. The van der Waals surface area contributed by atoms with Crippen molar-refractivity contribution in [3.63, 3.8) is 0 Å². The number of aromatic nitrogens is 2. The first-order valence-electron chi connectivity index (χ1n) is 7.96. The standard InChI is InChI=1S/C17H15FN4O3S/c1-9-19-15(25-22-9)14-12-6-7-24-8-13(12)26-16(14)21-17(23)20-11-4-2-10(18)3-5-11/h2-5H,6-8H2,1H3,(H2,20,21,23). The lowest BCUT2D eigenvalue weighted by Gasteiger charge is -2.12. The van der Waals surface area contributed by atoms with Crippen molar-refractivity contribution in [3.8, 4) is 11.5 Å². The molecule has 0 saturated heterocycles. The van der Waals surface area contributed by atoms with Crippen LogP contribution in [-0.2, 0) is 17.8 Å². The quantitative estimate of drug-likeness (QED) is 0.724. The Morgan fingerprint density at radius 2 is 2.08 bits per heavy atom. The molecule has 1 aromatic carbocycles. The van der Waals surface area contributed by atoms with E-state index < -0.39 is 6.03 Å². The monoisotopic (exact) mass is 374 g/mol. The van der Waals surface area contributed by atoms with Crippen molar-refractivity contribution in [1.29, 1.82) is 0 Å². The Morgan fingerprint density at radius 1 is 1.27 bits per heavy atom. The highest BCUT2D eigenvalue weighted by Crippen LogP contribution is 2.42. The zero-order valence-electron chi connectivity index (χ0n) is 13.8. The van der Waals surface area contributed by atoms with Crippen LogP contribution in [0.2, 0.25) is 0 Å². The van der Waals surface area contributed by atoms with E-state index in [-0.39, 0.29) is 5.82 Å². The number of amides is 2. The minimum atomic E-state index is -0.436. The van der Waals surface area contributed by atoms with Crippen LogP contribution in [0.3, 0.4) is 0 Å². The minimum Gasteiger partial charge on any atom is -0.376 e. The summed E-state index contributed by atoms with van der Waals surface area (Å²) in [7, 11) is 0. The average molecular weight is 374 g/mol. The van der Waals surface area contributed by atoms with E-state index in [1.165, 1.54) is 35.6 Å². The molecule has 2 aromatic heterocycles. The van der Waals surface area contributed by atoms with Crippen molar-refractivity contribution in [1.82, 2.24) is 10.1 Å². The number of ether oxygens (including phenoxy) is 1. The van der Waals surface area contributed by atoms with Gasteiger partial charge in [-0.1, -0.05) is 5.16 Å². The van der Waals surface area contributed by atoms with Crippen molar-refractivity contribution in [2.75, 3.05) is 17.2 Å². The summed E-state index contributed by atoms with van der Waals surface area (Å²) in [6, 6.07) is 5.11. The minimum absolute atomic E-state index is 0.365. The Balaban J connectivity index is 1.62. The van der Waals surface area contributed by atoms with Crippen LogP contribution < -0.4 is 10.6 Å². The summed E-state index contributed by atoms with van der Waals surface area (Å²) >= 11 is 1.42. The van der Waals surface area contributed by atoms with Gasteiger partial charge < -0.3 is 14.6 Å². The Morgan fingerprint density at radius 3 is 2.81 bits per heavy atom. The maximum Gasteiger partial charge on any atom is 0.324 e. The van der Waals surface area contributed by atoms with E-state index in [1.807, 2.05) is 0 Å². The van der Waals surface area contributed by atoms with Gasteiger partial charge in [-0.15, -0.1) is 11.3 Å². The predicted octanol–water partition coefficient (Wildman–Crippen LogP) is 3.96. The fraction of sp³-hybridized carbons (Fsp3) is 0.235. The normalized spacial score (nSPS) is 13.3. The van der Waals surface area contributed by atoms with Gasteiger partial charge in [-0.2, -0.15) is 4.98 Å². The molecule has 0 unspecified atom stereocenters. The number of carbonyl (C=O) groups excluding carboxylic acids is 1. The van der Waals surface area contributed by atoms with E-state index in [9.17, 15) is 9.18 Å². The van der Waals surface area contributed by atoms with Gasteiger partial charge in [0.25, 0.3) is 5.89 Å². The molecular formula is C17H15FN4O3S. The van der Waals surface area contributed by atoms with Gasteiger partial charge in [-0.05, 0) is 43.2 Å². The summed E-state index contributed by atoms with van der Waals surface area (Å²) in [4.78, 5) is 17.7. The topological polar surface area (TPSA) is 89.3 Å². The molecule has 26 heavy (non-hydrogen) atoms. The molecule has 2 N–H and O–H groups in total. The number of anilines is 2. The maximum atomic E-state index is 13.0. The van der Waals surface area contributed by atoms with Gasteiger partial charge in [0.2, 0.25) is 0 Å². The van der Waals surface area contributed by atoms with E-state index >= 15 is 0 Å². The first kappa shape index (κ1) is 16.7. The summed E-state index contributed by atoms with van der Waals surface area (Å²) in [6.45, 7) is 2.83. The molecule has 7 nitrogen and oxygen atoms in total. The Labute approximate surface area is 152 Å². The molecule has 0 fully saturated rings. The van der Waals surface area contributed by atoms with Crippen molar-refractivity contribution < 1.29 is 18.4 Å². The first-order chi connectivity index (χ1) is 12.6. The average Bonchev–Trinajstić information content (AvgIpc) is 3.19. The number of hydrogen-bond acceptors (Lipinski definition) is 6. The molecule has 134 valence electrons. The number of halogens is 1. The second kappa shape index (κ2) is 6.85. The lowest BCUT2D eigenvalue weighted by atomic mass is 10.1. The van der Waals surface area contributed by atoms with E-state index in [2.05, 4.69) is 20.8 Å². The van der Waals surface area contributed by atoms with Crippen LogP contribution in [0.25, 0.3) is 11.5 Å². The van der Waals surface area contributed by atoms with Gasteiger partial charge in [0.1, 0.15) is 10.8 Å². The van der Waals surface area contributed by atoms with Crippen molar-refractivity contribution in [2.24, 2.45) is 0 Å². The van der Waals surface area contributed by atoms with Crippen LogP contribution >= 0.6 is 11.3 Å².